The Morgan fingerprint density at radius 2 is 2.15 bits per heavy atom. The van der Waals surface area contributed by atoms with Crippen LogP contribution in [0.4, 0.5) is 4.79 Å². The number of allylic oxidation sites excluding steroid dienone is 1. The van der Waals surface area contributed by atoms with Gasteiger partial charge in [0.15, 0.2) is 0 Å². The first-order valence-electron chi connectivity index (χ1n) is 3.75. The molecule has 13 heavy (non-hydrogen) atoms. The van der Waals surface area contributed by atoms with Gasteiger partial charge in [0, 0.05) is 0 Å². The first-order chi connectivity index (χ1) is 6.06. The van der Waals surface area contributed by atoms with Crippen LogP contribution in [0.5, 0.6) is 0 Å². The molecule has 0 N–H and O–H groups in total. The third-order valence-electron chi connectivity index (χ3n) is 1.52. The van der Waals surface area contributed by atoms with E-state index >= 15 is 0 Å². The van der Waals surface area contributed by atoms with Crippen LogP contribution in [0.2, 0.25) is 0 Å². The summed E-state index contributed by atoms with van der Waals surface area (Å²) < 4.78 is 0. The SMILES string of the molecule is C/C=C1/SC(=O)N(CC(C)=O)C1=O. The van der Waals surface area contributed by atoms with Gasteiger partial charge in [-0.3, -0.25) is 19.3 Å². The van der Waals surface area contributed by atoms with E-state index in [0.717, 1.165) is 16.7 Å². The number of ketones is 1. The molecule has 0 bridgehead atoms. The fourth-order valence-electron chi connectivity index (χ4n) is 0.950. The maximum absolute atomic E-state index is 11.3. The highest BCUT2D eigenvalue weighted by atomic mass is 32.2. The molecule has 1 aliphatic rings. The number of rotatable bonds is 2. The Hall–Kier alpha value is -1.10. The Balaban J connectivity index is 2.82. The van der Waals surface area contributed by atoms with Gasteiger partial charge in [-0.15, -0.1) is 0 Å². The van der Waals surface area contributed by atoms with E-state index in [4.69, 9.17) is 0 Å². The van der Waals surface area contributed by atoms with Crippen LogP contribution < -0.4 is 0 Å². The molecule has 0 aromatic rings. The zero-order valence-electron chi connectivity index (χ0n) is 7.36. The maximum Gasteiger partial charge on any atom is 0.293 e. The molecule has 1 heterocycles. The number of carbonyl (C=O) groups is 3. The maximum atomic E-state index is 11.3. The fraction of sp³-hybridized carbons (Fsp3) is 0.375. The Morgan fingerprint density at radius 1 is 1.54 bits per heavy atom. The van der Waals surface area contributed by atoms with Crippen LogP contribution in [0.25, 0.3) is 0 Å². The van der Waals surface area contributed by atoms with Crippen molar-refractivity contribution in [2.45, 2.75) is 13.8 Å². The van der Waals surface area contributed by atoms with Crippen LogP contribution in [-0.2, 0) is 9.59 Å². The van der Waals surface area contributed by atoms with Crippen LogP contribution in [-0.4, -0.2) is 28.4 Å². The summed E-state index contributed by atoms with van der Waals surface area (Å²) in [5.74, 6) is -0.563. The average molecular weight is 199 g/mol. The van der Waals surface area contributed by atoms with Crippen molar-refractivity contribution in [2.75, 3.05) is 6.54 Å². The van der Waals surface area contributed by atoms with Crippen molar-refractivity contribution < 1.29 is 14.4 Å². The summed E-state index contributed by atoms with van der Waals surface area (Å²) in [5, 5.41) is -0.367. The lowest BCUT2D eigenvalue weighted by atomic mass is 10.4. The van der Waals surface area contributed by atoms with E-state index < -0.39 is 0 Å². The van der Waals surface area contributed by atoms with Crippen LogP contribution in [0, 0.1) is 0 Å². The Kier molecular flexibility index (Phi) is 2.87. The monoisotopic (exact) mass is 199 g/mol. The summed E-state index contributed by atoms with van der Waals surface area (Å²) in [4.78, 5) is 34.6. The number of hydrogen-bond donors (Lipinski definition) is 0. The minimum absolute atomic E-state index is 0.123. The summed E-state index contributed by atoms with van der Waals surface area (Å²) in [7, 11) is 0. The topological polar surface area (TPSA) is 54.5 Å². The van der Waals surface area contributed by atoms with Gasteiger partial charge in [0.1, 0.15) is 5.78 Å². The summed E-state index contributed by atoms with van der Waals surface area (Å²) >= 11 is 0.870. The highest BCUT2D eigenvalue weighted by Crippen LogP contribution is 2.29. The molecule has 0 atom stereocenters. The number of amides is 2. The van der Waals surface area contributed by atoms with Gasteiger partial charge in [-0.25, -0.2) is 0 Å². The van der Waals surface area contributed by atoms with Gasteiger partial charge in [-0.2, -0.15) is 0 Å². The number of nitrogens with zero attached hydrogens (tertiary/aromatic N) is 1. The molecule has 5 heteroatoms. The van der Waals surface area contributed by atoms with Crippen LogP contribution in [0.1, 0.15) is 13.8 Å². The standard InChI is InChI=1S/C8H9NO3S/c1-3-6-7(11)9(4-5(2)10)8(12)13-6/h3H,4H2,1-2H3/b6-3+. The van der Waals surface area contributed by atoms with Crippen molar-refractivity contribution in [2.24, 2.45) is 0 Å². The zero-order chi connectivity index (χ0) is 10.0. The molecule has 1 fully saturated rings. The summed E-state index contributed by atoms with van der Waals surface area (Å²) in [6.07, 6.45) is 1.57. The fourth-order valence-corrected chi connectivity index (χ4v) is 1.71. The Labute approximate surface area is 80.0 Å². The molecule has 2 amide bonds. The largest absolute Gasteiger partial charge is 0.298 e. The molecule has 0 aliphatic carbocycles. The molecular weight excluding hydrogens is 190 g/mol. The predicted molar refractivity (Wildman–Crippen MR) is 49.1 cm³/mol. The van der Waals surface area contributed by atoms with Crippen LogP contribution in [0.15, 0.2) is 11.0 Å². The van der Waals surface area contributed by atoms with Crippen LogP contribution >= 0.6 is 11.8 Å². The van der Waals surface area contributed by atoms with Crippen molar-refractivity contribution >= 4 is 28.7 Å². The Morgan fingerprint density at radius 3 is 2.54 bits per heavy atom. The van der Waals surface area contributed by atoms with Crippen molar-refractivity contribution in [3.05, 3.63) is 11.0 Å². The van der Waals surface area contributed by atoms with E-state index in [1.165, 1.54) is 6.92 Å². The van der Waals surface area contributed by atoms with Gasteiger partial charge < -0.3 is 0 Å². The molecule has 1 rings (SSSR count). The molecule has 0 unspecified atom stereocenters. The van der Waals surface area contributed by atoms with E-state index in [0.29, 0.717) is 4.91 Å². The predicted octanol–water partition coefficient (Wildman–Crippen LogP) is 1.17. The number of imide groups is 1. The van der Waals surface area contributed by atoms with E-state index in [2.05, 4.69) is 0 Å². The second-order valence-corrected chi connectivity index (χ2v) is 3.61. The Bertz CT molecular complexity index is 309. The second kappa shape index (κ2) is 3.74. The average Bonchev–Trinajstić information content (AvgIpc) is 2.31. The third kappa shape index (κ3) is 1.98. The summed E-state index contributed by atoms with van der Waals surface area (Å²) in [5.41, 5.74) is 0. The molecule has 1 saturated heterocycles. The van der Waals surface area contributed by atoms with Gasteiger partial charge in [-0.1, -0.05) is 6.08 Å². The van der Waals surface area contributed by atoms with E-state index in [1.54, 1.807) is 13.0 Å². The second-order valence-electron chi connectivity index (χ2n) is 2.61. The molecule has 70 valence electrons. The lowest BCUT2D eigenvalue weighted by Gasteiger charge is -2.08. The lowest BCUT2D eigenvalue weighted by Crippen LogP contribution is -2.32. The highest BCUT2D eigenvalue weighted by Gasteiger charge is 2.34. The van der Waals surface area contributed by atoms with Crippen molar-refractivity contribution in [1.29, 1.82) is 0 Å². The molecule has 0 aromatic carbocycles. The van der Waals surface area contributed by atoms with E-state index in [9.17, 15) is 14.4 Å². The van der Waals surface area contributed by atoms with E-state index in [1.807, 2.05) is 0 Å². The van der Waals surface area contributed by atoms with Gasteiger partial charge in [0.25, 0.3) is 11.1 Å². The summed E-state index contributed by atoms with van der Waals surface area (Å²) in [6, 6.07) is 0. The van der Waals surface area contributed by atoms with Crippen LogP contribution in [0.3, 0.4) is 0 Å². The van der Waals surface area contributed by atoms with Crippen molar-refractivity contribution in [1.82, 2.24) is 4.90 Å². The lowest BCUT2D eigenvalue weighted by molar-refractivity contribution is -0.127. The van der Waals surface area contributed by atoms with Gasteiger partial charge in [0.05, 0.1) is 11.4 Å². The van der Waals surface area contributed by atoms with Crippen molar-refractivity contribution in [3.63, 3.8) is 0 Å². The molecule has 0 spiro atoms. The number of carbonyl (C=O) groups excluding carboxylic acids is 3. The molecule has 0 aromatic heterocycles. The van der Waals surface area contributed by atoms with Gasteiger partial charge in [0.2, 0.25) is 0 Å². The minimum atomic E-state index is -0.368. The molecular formula is C8H9NO3S. The normalized spacial score (nSPS) is 20.2. The summed E-state index contributed by atoms with van der Waals surface area (Å²) in [6.45, 7) is 2.91. The number of Topliss-reactive ketones (excluding diaryl/α,β-unsaturated/α-hetero) is 1. The zero-order valence-corrected chi connectivity index (χ0v) is 8.18. The number of thioether (sulfide) groups is 1. The van der Waals surface area contributed by atoms with Gasteiger partial charge in [-0.05, 0) is 25.6 Å². The smallest absolute Gasteiger partial charge is 0.293 e. The number of hydrogen-bond acceptors (Lipinski definition) is 4. The quantitative estimate of drug-likeness (QED) is 0.626. The van der Waals surface area contributed by atoms with E-state index in [-0.39, 0.29) is 23.5 Å². The molecule has 0 saturated carbocycles. The van der Waals surface area contributed by atoms with Gasteiger partial charge >= 0.3 is 0 Å². The third-order valence-corrected chi connectivity index (χ3v) is 2.54. The molecule has 0 radical (unpaired) electrons. The minimum Gasteiger partial charge on any atom is -0.298 e. The first kappa shape index (κ1) is 9.98. The van der Waals surface area contributed by atoms with Crippen molar-refractivity contribution in [3.8, 4) is 0 Å². The first-order valence-corrected chi connectivity index (χ1v) is 4.57. The highest BCUT2D eigenvalue weighted by molar-refractivity contribution is 8.18. The molecule has 4 nitrogen and oxygen atoms in total. The molecule has 1 aliphatic heterocycles.